The van der Waals surface area contributed by atoms with Gasteiger partial charge in [0.15, 0.2) is 0 Å². The number of aromatic nitrogens is 2. The molecule has 1 aliphatic carbocycles. The molecule has 9 heteroatoms. The van der Waals surface area contributed by atoms with Crippen LogP contribution in [0.1, 0.15) is 50.6 Å². The Hall–Kier alpha value is -1.71. The lowest BCUT2D eigenvalue weighted by Gasteiger charge is -2.22. The molecule has 1 amide bonds. The minimum atomic E-state index is -3.64. The van der Waals surface area contributed by atoms with Crippen molar-refractivity contribution in [3.63, 3.8) is 0 Å². The van der Waals surface area contributed by atoms with Crippen molar-refractivity contribution in [2.24, 2.45) is 0 Å². The molecule has 2 fully saturated rings. The van der Waals surface area contributed by atoms with Crippen molar-refractivity contribution in [3.8, 4) is 10.7 Å². The molecule has 0 aromatic carbocycles. The number of amides is 1. The number of sulfonamides is 1. The first-order valence-corrected chi connectivity index (χ1v) is 12.7. The van der Waals surface area contributed by atoms with Gasteiger partial charge in [0, 0.05) is 36.4 Å². The first kappa shape index (κ1) is 20.6. The summed E-state index contributed by atoms with van der Waals surface area (Å²) in [6.45, 7) is 3.60. The maximum atomic E-state index is 13.0. The SMILES string of the molecule is Cc1csc(-c2cc(S(=O)(=O)NC3CCCCC3)cn2CC(=O)N2CCCC2)n1. The summed E-state index contributed by atoms with van der Waals surface area (Å²) in [5.74, 6) is 0.0248. The van der Waals surface area contributed by atoms with Crippen LogP contribution < -0.4 is 4.72 Å². The summed E-state index contributed by atoms with van der Waals surface area (Å²) in [5.41, 5.74) is 1.56. The molecule has 2 aromatic heterocycles. The largest absolute Gasteiger partial charge is 0.341 e. The summed E-state index contributed by atoms with van der Waals surface area (Å²) in [4.78, 5) is 19.3. The molecule has 0 spiro atoms. The lowest BCUT2D eigenvalue weighted by atomic mass is 9.96. The molecule has 158 valence electrons. The number of carbonyl (C=O) groups is 1. The predicted molar refractivity (Wildman–Crippen MR) is 113 cm³/mol. The van der Waals surface area contributed by atoms with E-state index in [0.717, 1.165) is 62.3 Å². The van der Waals surface area contributed by atoms with E-state index in [-0.39, 0.29) is 23.4 Å². The molecular formula is C20H28N4O3S2. The minimum Gasteiger partial charge on any atom is -0.341 e. The third kappa shape index (κ3) is 4.73. The Bertz CT molecular complexity index is 968. The molecule has 0 atom stereocenters. The van der Waals surface area contributed by atoms with Gasteiger partial charge in [0.05, 0.1) is 5.69 Å². The minimum absolute atomic E-state index is 0.00566. The second kappa shape index (κ2) is 8.57. The standard InChI is InChI=1S/C20H28N4O3S2/c1-15-14-28-20(21-15)18-11-17(29(26,27)22-16-7-3-2-4-8-16)12-24(18)13-19(25)23-9-5-6-10-23/h11-12,14,16,22H,2-10,13H2,1H3. The summed E-state index contributed by atoms with van der Waals surface area (Å²) < 4.78 is 30.6. The van der Waals surface area contributed by atoms with Crippen LogP contribution in [0.25, 0.3) is 10.7 Å². The van der Waals surface area contributed by atoms with Gasteiger partial charge in [-0.25, -0.2) is 18.1 Å². The van der Waals surface area contributed by atoms with E-state index in [1.165, 1.54) is 17.8 Å². The van der Waals surface area contributed by atoms with Gasteiger partial charge in [0.2, 0.25) is 15.9 Å². The van der Waals surface area contributed by atoms with Crippen LogP contribution in [0.3, 0.4) is 0 Å². The molecule has 0 bridgehead atoms. The molecule has 1 N–H and O–H groups in total. The molecule has 29 heavy (non-hydrogen) atoms. The number of rotatable bonds is 6. The van der Waals surface area contributed by atoms with Crippen molar-refractivity contribution in [2.45, 2.75) is 69.4 Å². The zero-order valence-electron chi connectivity index (χ0n) is 16.8. The fourth-order valence-electron chi connectivity index (χ4n) is 4.13. The number of aryl methyl sites for hydroxylation is 1. The van der Waals surface area contributed by atoms with Crippen LogP contribution in [0, 0.1) is 6.92 Å². The van der Waals surface area contributed by atoms with Gasteiger partial charge >= 0.3 is 0 Å². The Morgan fingerprint density at radius 1 is 1.21 bits per heavy atom. The van der Waals surface area contributed by atoms with Gasteiger partial charge in [0.25, 0.3) is 0 Å². The highest BCUT2D eigenvalue weighted by molar-refractivity contribution is 7.89. The van der Waals surface area contributed by atoms with E-state index in [9.17, 15) is 13.2 Å². The van der Waals surface area contributed by atoms with Crippen molar-refractivity contribution in [2.75, 3.05) is 13.1 Å². The lowest BCUT2D eigenvalue weighted by molar-refractivity contribution is -0.130. The van der Waals surface area contributed by atoms with E-state index >= 15 is 0 Å². The van der Waals surface area contributed by atoms with Gasteiger partial charge in [-0.05, 0) is 38.7 Å². The fraction of sp³-hybridized carbons (Fsp3) is 0.600. The van der Waals surface area contributed by atoms with Crippen LogP contribution in [0.2, 0.25) is 0 Å². The molecule has 1 saturated carbocycles. The Morgan fingerprint density at radius 2 is 1.93 bits per heavy atom. The van der Waals surface area contributed by atoms with Crippen molar-refractivity contribution in [3.05, 3.63) is 23.3 Å². The number of hydrogen-bond donors (Lipinski definition) is 1. The molecule has 7 nitrogen and oxygen atoms in total. The molecule has 1 saturated heterocycles. The van der Waals surface area contributed by atoms with E-state index < -0.39 is 10.0 Å². The Balaban J connectivity index is 1.62. The molecule has 0 unspecified atom stereocenters. The van der Waals surface area contributed by atoms with Gasteiger partial charge in [-0.3, -0.25) is 4.79 Å². The van der Waals surface area contributed by atoms with E-state index in [2.05, 4.69) is 9.71 Å². The van der Waals surface area contributed by atoms with Crippen LogP contribution in [0.15, 0.2) is 22.5 Å². The van der Waals surface area contributed by atoms with Crippen molar-refractivity contribution in [1.29, 1.82) is 0 Å². The smallest absolute Gasteiger partial charge is 0.242 e. The second-order valence-electron chi connectivity index (χ2n) is 8.03. The van der Waals surface area contributed by atoms with Crippen molar-refractivity contribution in [1.82, 2.24) is 19.2 Å². The number of carbonyl (C=O) groups excluding carboxylic acids is 1. The van der Waals surface area contributed by atoms with E-state index in [1.54, 1.807) is 16.8 Å². The number of thiazole rings is 1. The molecule has 1 aliphatic heterocycles. The molecule has 4 rings (SSSR count). The Morgan fingerprint density at radius 3 is 2.59 bits per heavy atom. The zero-order valence-corrected chi connectivity index (χ0v) is 18.4. The Kier molecular flexibility index (Phi) is 6.08. The lowest BCUT2D eigenvalue weighted by Crippen LogP contribution is -2.36. The van der Waals surface area contributed by atoms with E-state index in [1.807, 2.05) is 17.2 Å². The molecule has 3 heterocycles. The zero-order chi connectivity index (χ0) is 20.4. The van der Waals surface area contributed by atoms with Crippen molar-refractivity contribution >= 4 is 27.3 Å². The number of nitrogens with zero attached hydrogens (tertiary/aromatic N) is 3. The van der Waals surface area contributed by atoms with Crippen LogP contribution in [-0.2, 0) is 21.4 Å². The quantitative estimate of drug-likeness (QED) is 0.754. The first-order chi connectivity index (χ1) is 13.9. The third-order valence-electron chi connectivity index (χ3n) is 5.71. The maximum absolute atomic E-state index is 13.0. The predicted octanol–water partition coefficient (Wildman–Crippen LogP) is 3.15. The molecule has 0 radical (unpaired) electrons. The van der Waals surface area contributed by atoms with Crippen molar-refractivity contribution < 1.29 is 13.2 Å². The second-order valence-corrected chi connectivity index (χ2v) is 10.6. The first-order valence-electron chi connectivity index (χ1n) is 10.4. The average molecular weight is 437 g/mol. The number of hydrogen-bond acceptors (Lipinski definition) is 5. The van der Waals surface area contributed by atoms with E-state index in [4.69, 9.17) is 0 Å². The van der Waals surface area contributed by atoms with Gasteiger partial charge in [-0.1, -0.05) is 19.3 Å². The topological polar surface area (TPSA) is 84.3 Å². The highest BCUT2D eigenvalue weighted by Crippen LogP contribution is 2.29. The monoisotopic (exact) mass is 436 g/mol. The van der Waals surface area contributed by atoms with Gasteiger partial charge in [0.1, 0.15) is 16.4 Å². The molecule has 2 aliphatic rings. The average Bonchev–Trinajstić information content (AvgIpc) is 3.42. The third-order valence-corrected chi connectivity index (χ3v) is 8.18. The van der Waals surface area contributed by atoms with Gasteiger partial charge in [-0.15, -0.1) is 11.3 Å². The van der Waals surface area contributed by atoms with Crippen LogP contribution >= 0.6 is 11.3 Å². The van der Waals surface area contributed by atoms with Crippen LogP contribution in [-0.4, -0.2) is 47.9 Å². The summed E-state index contributed by atoms with van der Waals surface area (Å²) in [5, 5.41) is 2.67. The maximum Gasteiger partial charge on any atom is 0.242 e. The van der Waals surface area contributed by atoms with Crippen LogP contribution in [0.4, 0.5) is 0 Å². The number of nitrogens with one attached hydrogen (secondary N) is 1. The summed E-state index contributed by atoms with van der Waals surface area (Å²) in [6, 6.07) is 1.65. The van der Waals surface area contributed by atoms with Gasteiger partial charge < -0.3 is 9.47 Å². The normalized spacial score (nSPS) is 18.4. The van der Waals surface area contributed by atoms with E-state index in [0.29, 0.717) is 5.69 Å². The number of likely N-dealkylation sites (tertiary alicyclic amines) is 1. The highest BCUT2D eigenvalue weighted by atomic mass is 32.2. The van der Waals surface area contributed by atoms with Gasteiger partial charge in [-0.2, -0.15) is 0 Å². The van der Waals surface area contributed by atoms with Crippen LogP contribution in [0.5, 0.6) is 0 Å². The summed E-state index contributed by atoms with van der Waals surface area (Å²) >= 11 is 1.46. The summed E-state index contributed by atoms with van der Waals surface area (Å²) in [6.07, 6.45) is 8.69. The molecular weight excluding hydrogens is 408 g/mol. The highest BCUT2D eigenvalue weighted by Gasteiger charge is 2.26. The Labute approximate surface area is 176 Å². The fourth-order valence-corrected chi connectivity index (χ4v) is 6.30. The molecule has 2 aromatic rings. The summed E-state index contributed by atoms with van der Waals surface area (Å²) in [7, 11) is -3.64.